The Bertz CT molecular complexity index is 615. The molecule has 0 bridgehead atoms. The second kappa shape index (κ2) is 7.21. The number of para-hydroxylation sites is 1. The summed E-state index contributed by atoms with van der Waals surface area (Å²) >= 11 is 0. The van der Waals surface area contributed by atoms with E-state index in [2.05, 4.69) is 13.8 Å². The Labute approximate surface area is 142 Å². The molecule has 6 nitrogen and oxygen atoms in total. The van der Waals surface area contributed by atoms with Crippen molar-refractivity contribution in [2.45, 2.75) is 31.9 Å². The summed E-state index contributed by atoms with van der Waals surface area (Å²) in [7, 11) is 4.17. The zero-order valence-electron chi connectivity index (χ0n) is 14.9. The second-order valence-electron chi connectivity index (χ2n) is 6.26. The third-order valence-corrected chi connectivity index (χ3v) is 4.47. The minimum Gasteiger partial charge on any atom is -0.496 e. The number of hydrogen-bond donors (Lipinski definition) is 0. The number of amides is 1. The van der Waals surface area contributed by atoms with Crippen molar-refractivity contribution in [1.29, 1.82) is 0 Å². The van der Waals surface area contributed by atoms with E-state index in [9.17, 15) is 9.59 Å². The van der Waals surface area contributed by atoms with Crippen molar-refractivity contribution in [3.8, 4) is 5.75 Å². The molecule has 6 heteroatoms. The van der Waals surface area contributed by atoms with Crippen LogP contribution in [0, 0.1) is 5.92 Å². The van der Waals surface area contributed by atoms with E-state index in [1.165, 1.54) is 14.2 Å². The van der Waals surface area contributed by atoms with Crippen LogP contribution >= 0.6 is 0 Å². The van der Waals surface area contributed by atoms with Gasteiger partial charge in [-0.1, -0.05) is 32.0 Å². The molecule has 1 aliphatic rings. The van der Waals surface area contributed by atoms with Crippen molar-refractivity contribution in [3.63, 3.8) is 0 Å². The normalized spacial score (nSPS) is 23.2. The van der Waals surface area contributed by atoms with E-state index in [1.807, 2.05) is 18.2 Å². The SMILES string of the molecule is COC(=O)[C@@]1(OC)C(=O)N(CCC(C)C)[C@H]1c1ccccc1OC. The quantitative estimate of drug-likeness (QED) is 0.434. The number of ether oxygens (including phenoxy) is 3. The molecule has 1 heterocycles. The highest BCUT2D eigenvalue weighted by molar-refractivity contribution is 6.12. The summed E-state index contributed by atoms with van der Waals surface area (Å²) in [6, 6.07) is 6.76. The molecule has 0 saturated carbocycles. The largest absolute Gasteiger partial charge is 0.496 e. The lowest BCUT2D eigenvalue weighted by Gasteiger charge is -2.53. The van der Waals surface area contributed by atoms with Gasteiger partial charge in [0.15, 0.2) is 0 Å². The van der Waals surface area contributed by atoms with Crippen molar-refractivity contribution in [3.05, 3.63) is 29.8 Å². The van der Waals surface area contributed by atoms with Gasteiger partial charge in [0.2, 0.25) is 0 Å². The number of likely N-dealkylation sites (tertiary alicyclic amines) is 1. The van der Waals surface area contributed by atoms with Gasteiger partial charge in [-0.2, -0.15) is 0 Å². The number of benzene rings is 1. The maximum absolute atomic E-state index is 12.8. The lowest BCUT2D eigenvalue weighted by Crippen LogP contribution is -2.73. The molecule has 0 aliphatic carbocycles. The lowest BCUT2D eigenvalue weighted by molar-refractivity contribution is -0.213. The average Bonchev–Trinajstić information content (AvgIpc) is 2.59. The molecule has 0 radical (unpaired) electrons. The third kappa shape index (κ3) is 2.75. The third-order valence-electron chi connectivity index (χ3n) is 4.47. The zero-order valence-corrected chi connectivity index (χ0v) is 14.9. The summed E-state index contributed by atoms with van der Waals surface area (Å²) in [5, 5.41) is 0. The molecular formula is C18H25NO5. The summed E-state index contributed by atoms with van der Waals surface area (Å²) < 4.78 is 15.7. The number of hydrogen-bond acceptors (Lipinski definition) is 5. The fourth-order valence-electron chi connectivity index (χ4n) is 3.14. The van der Waals surface area contributed by atoms with E-state index < -0.39 is 17.6 Å². The maximum Gasteiger partial charge on any atom is 0.350 e. The van der Waals surface area contributed by atoms with Gasteiger partial charge in [-0.15, -0.1) is 0 Å². The molecule has 132 valence electrons. The molecule has 2 atom stereocenters. The summed E-state index contributed by atoms with van der Waals surface area (Å²) in [6.07, 6.45) is 0.832. The number of carbonyl (C=O) groups is 2. The first-order valence-electron chi connectivity index (χ1n) is 8.01. The molecule has 0 spiro atoms. The van der Waals surface area contributed by atoms with Gasteiger partial charge in [0.1, 0.15) is 11.8 Å². The molecular weight excluding hydrogens is 310 g/mol. The van der Waals surface area contributed by atoms with Crippen LogP contribution in [0.15, 0.2) is 24.3 Å². The molecule has 1 fully saturated rings. The van der Waals surface area contributed by atoms with Crippen molar-refractivity contribution < 1.29 is 23.8 Å². The highest BCUT2D eigenvalue weighted by Gasteiger charge is 2.68. The predicted octanol–water partition coefficient (Wildman–Crippen LogP) is 2.18. The fraction of sp³-hybridized carbons (Fsp3) is 0.556. The van der Waals surface area contributed by atoms with Crippen molar-refractivity contribution in [2.75, 3.05) is 27.9 Å². The van der Waals surface area contributed by atoms with Crippen LogP contribution in [-0.4, -0.2) is 50.3 Å². The molecule has 2 rings (SSSR count). The Kier molecular flexibility index (Phi) is 5.49. The van der Waals surface area contributed by atoms with E-state index in [4.69, 9.17) is 14.2 Å². The van der Waals surface area contributed by atoms with Crippen LogP contribution in [0.5, 0.6) is 5.75 Å². The highest BCUT2D eigenvalue weighted by Crippen LogP contribution is 2.49. The van der Waals surface area contributed by atoms with Gasteiger partial charge in [0, 0.05) is 19.2 Å². The van der Waals surface area contributed by atoms with Crippen LogP contribution < -0.4 is 4.74 Å². The Hall–Kier alpha value is -2.08. The lowest BCUT2D eigenvalue weighted by atomic mass is 9.76. The number of carbonyl (C=O) groups excluding carboxylic acids is 2. The highest BCUT2D eigenvalue weighted by atomic mass is 16.6. The average molecular weight is 335 g/mol. The molecule has 0 N–H and O–H groups in total. The molecule has 1 aliphatic heterocycles. The van der Waals surface area contributed by atoms with Crippen LogP contribution in [0.4, 0.5) is 0 Å². The topological polar surface area (TPSA) is 65.1 Å². The summed E-state index contributed by atoms with van der Waals surface area (Å²) in [6.45, 7) is 4.72. The van der Waals surface area contributed by atoms with Gasteiger partial charge in [0.25, 0.3) is 11.5 Å². The second-order valence-corrected chi connectivity index (χ2v) is 6.26. The van der Waals surface area contributed by atoms with Crippen LogP contribution in [0.1, 0.15) is 31.9 Å². The van der Waals surface area contributed by atoms with Crippen molar-refractivity contribution in [2.24, 2.45) is 5.92 Å². The van der Waals surface area contributed by atoms with Crippen LogP contribution in [0.2, 0.25) is 0 Å². The Morgan fingerprint density at radius 3 is 2.46 bits per heavy atom. The van der Waals surface area contributed by atoms with Crippen molar-refractivity contribution in [1.82, 2.24) is 4.90 Å². The monoisotopic (exact) mass is 335 g/mol. The van der Waals surface area contributed by atoms with Gasteiger partial charge in [0.05, 0.1) is 14.2 Å². The number of esters is 1. The zero-order chi connectivity index (χ0) is 17.9. The Morgan fingerprint density at radius 2 is 1.92 bits per heavy atom. The Morgan fingerprint density at radius 1 is 1.25 bits per heavy atom. The van der Waals surface area contributed by atoms with E-state index in [-0.39, 0.29) is 5.91 Å². The molecule has 0 aromatic heterocycles. The standard InChI is InChI=1S/C18H25NO5/c1-12(2)10-11-19-15(13-8-6-7-9-14(13)22-3)18(24-5,16(19)20)17(21)23-4/h6-9,12,15H,10-11H2,1-5H3/t15-,18-/m0/s1. The smallest absolute Gasteiger partial charge is 0.350 e. The van der Waals surface area contributed by atoms with Gasteiger partial charge in [-0.3, -0.25) is 4.79 Å². The van der Waals surface area contributed by atoms with E-state index in [1.54, 1.807) is 18.1 Å². The maximum atomic E-state index is 12.8. The van der Waals surface area contributed by atoms with Crippen LogP contribution in [-0.2, 0) is 19.1 Å². The minimum absolute atomic E-state index is 0.367. The molecule has 1 saturated heterocycles. The summed E-state index contributed by atoms with van der Waals surface area (Å²) in [4.78, 5) is 26.8. The van der Waals surface area contributed by atoms with Gasteiger partial charge >= 0.3 is 5.97 Å². The van der Waals surface area contributed by atoms with E-state index >= 15 is 0 Å². The van der Waals surface area contributed by atoms with Gasteiger partial charge in [-0.25, -0.2) is 4.79 Å². The van der Waals surface area contributed by atoms with Crippen LogP contribution in [0.3, 0.4) is 0 Å². The number of rotatable bonds is 7. The summed E-state index contributed by atoms with van der Waals surface area (Å²) in [5.74, 6) is -0.0122. The van der Waals surface area contributed by atoms with E-state index in [0.29, 0.717) is 18.2 Å². The van der Waals surface area contributed by atoms with E-state index in [0.717, 1.165) is 12.0 Å². The first-order chi connectivity index (χ1) is 11.4. The predicted molar refractivity (Wildman–Crippen MR) is 88.7 cm³/mol. The van der Waals surface area contributed by atoms with Gasteiger partial charge in [-0.05, 0) is 18.4 Å². The Balaban J connectivity index is 2.48. The molecule has 0 unspecified atom stereocenters. The number of methoxy groups -OCH3 is 3. The molecule has 24 heavy (non-hydrogen) atoms. The first-order valence-corrected chi connectivity index (χ1v) is 8.01. The van der Waals surface area contributed by atoms with Crippen LogP contribution in [0.25, 0.3) is 0 Å². The van der Waals surface area contributed by atoms with Gasteiger partial charge < -0.3 is 19.1 Å². The summed E-state index contributed by atoms with van der Waals surface area (Å²) in [5.41, 5.74) is -0.920. The molecule has 1 amide bonds. The number of nitrogens with zero attached hydrogens (tertiary/aromatic N) is 1. The first kappa shape index (κ1) is 18.3. The van der Waals surface area contributed by atoms with Crippen molar-refractivity contribution >= 4 is 11.9 Å². The molecule has 1 aromatic rings. The number of β-lactam (4-membered cyclic amide) rings is 1. The fourth-order valence-corrected chi connectivity index (χ4v) is 3.14. The minimum atomic E-state index is -1.65. The molecule has 1 aromatic carbocycles.